The van der Waals surface area contributed by atoms with E-state index in [1.165, 1.54) is 50.5 Å². The van der Waals surface area contributed by atoms with Crippen LogP contribution in [-0.2, 0) is 13.5 Å². The maximum absolute atomic E-state index is 4.66. The molecule has 0 bridgehead atoms. The molecular weight excluding hydrogens is 413 g/mol. The van der Waals surface area contributed by atoms with Gasteiger partial charge in [-0.05, 0) is 25.3 Å². The third-order valence-corrected chi connectivity index (χ3v) is 3.84. The fraction of sp³-hybridized carbons (Fsp3) is 0.778. The predicted molar refractivity (Wildman–Crippen MR) is 114 cm³/mol. The molecule has 0 aliphatic carbocycles. The smallest absolute Gasteiger partial charge is 0.191 e. The Morgan fingerprint density at radius 3 is 2.42 bits per heavy atom. The molecule has 0 aliphatic rings. The van der Waals surface area contributed by atoms with Crippen LogP contribution in [0.4, 0.5) is 0 Å². The number of unbranched alkanes of at least 4 members (excludes halogenated alkanes) is 6. The first-order valence-corrected chi connectivity index (χ1v) is 9.26. The van der Waals surface area contributed by atoms with E-state index < -0.39 is 0 Å². The number of halogens is 1. The van der Waals surface area contributed by atoms with Crippen molar-refractivity contribution in [3.05, 3.63) is 18.0 Å². The Morgan fingerprint density at radius 1 is 1.08 bits per heavy atom. The molecule has 0 fully saturated rings. The SMILES string of the molecule is CCCCCCCCCN=C(NCC)NCCc1cnn(C)c1.I. The maximum atomic E-state index is 4.66. The number of guanidine groups is 1. The Hall–Kier alpha value is -0.790. The van der Waals surface area contributed by atoms with Crippen LogP contribution in [-0.4, -0.2) is 35.4 Å². The minimum Gasteiger partial charge on any atom is -0.357 e. The molecule has 5 nitrogen and oxygen atoms in total. The lowest BCUT2D eigenvalue weighted by Crippen LogP contribution is -2.38. The zero-order valence-corrected chi connectivity index (χ0v) is 18.0. The van der Waals surface area contributed by atoms with E-state index in [4.69, 9.17) is 0 Å². The molecule has 0 saturated carbocycles. The highest BCUT2D eigenvalue weighted by atomic mass is 127. The molecule has 6 heteroatoms. The van der Waals surface area contributed by atoms with Crippen molar-refractivity contribution >= 4 is 29.9 Å². The second kappa shape index (κ2) is 15.7. The third kappa shape index (κ3) is 11.7. The first-order valence-electron chi connectivity index (χ1n) is 9.26. The summed E-state index contributed by atoms with van der Waals surface area (Å²) in [6.07, 6.45) is 14.2. The molecule has 1 heterocycles. The maximum Gasteiger partial charge on any atom is 0.191 e. The number of nitrogens with zero attached hydrogens (tertiary/aromatic N) is 3. The lowest BCUT2D eigenvalue weighted by Gasteiger charge is -2.10. The molecule has 0 amide bonds. The first kappa shape index (κ1) is 23.2. The number of rotatable bonds is 12. The number of aromatic nitrogens is 2. The van der Waals surface area contributed by atoms with E-state index in [2.05, 4.69) is 40.8 Å². The molecular formula is C18H36IN5. The van der Waals surface area contributed by atoms with E-state index >= 15 is 0 Å². The summed E-state index contributed by atoms with van der Waals surface area (Å²) in [7, 11) is 1.95. The summed E-state index contributed by atoms with van der Waals surface area (Å²) in [4.78, 5) is 4.66. The van der Waals surface area contributed by atoms with Gasteiger partial charge in [0.1, 0.15) is 0 Å². The predicted octanol–water partition coefficient (Wildman–Crippen LogP) is 3.89. The lowest BCUT2D eigenvalue weighted by atomic mass is 10.1. The van der Waals surface area contributed by atoms with Crippen molar-refractivity contribution in [2.75, 3.05) is 19.6 Å². The summed E-state index contributed by atoms with van der Waals surface area (Å²) in [6, 6.07) is 0. The van der Waals surface area contributed by atoms with Crippen molar-refractivity contribution in [1.29, 1.82) is 0 Å². The fourth-order valence-corrected chi connectivity index (χ4v) is 2.53. The van der Waals surface area contributed by atoms with Gasteiger partial charge >= 0.3 is 0 Å². The second-order valence-corrected chi connectivity index (χ2v) is 6.08. The van der Waals surface area contributed by atoms with Crippen molar-refractivity contribution in [1.82, 2.24) is 20.4 Å². The van der Waals surface area contributed by atoms with Gasteiger partial charge in [-0.2, -0.15) is 5.10 Å². The summed E-state index contributed by atoms with van der Waals surface area (Å²) in [5.41, 5.74) is 1.25. The quantitative estimate of drug-likeness (QED) is 0.220. The van der Waals surface area contributed by atoms with Crippen molar-refractivity contribution in [3.8, 4) is 0 Å². The molecule has 0 unspecified atom stereocenters. The van der Waals surface area contributed by atoms with E-state index in [1.54, 1.807) is 0 Å². The summed E-state index contributed by atoms with van der Waals surface area (Å²) < 4.78 is 1.84. The Bertz CT molecular complexity index is 431. The number of hydrogen-bond acceptors (Lipinski definition) is 2. The molecule has 0 atom stereocenters. The van der Waals surface area contributed by atoms with E-state index in [-0.39, 0.29) is 24.0 Å². The molecule has 1 aromatic heterocycles. The van der Waals surface area contributed by atoms with E-state index in [1.807, 2.05) is 17.9 Å². The van der Waals surface area contributed by atoms with Crippen molar-refractivity contribution < 1.29 is 0 Å². The number of aryl methyl sites for hydroxylation is 1. The van der Waals surface area contributed by atoms with Gasteiger partial charge in [0.15, 0.2) is 5.96 Å². The largest absolute Gasteiger partial charge is 0.357 e. The topological polar surface area (TPSA) is 54.2 Å². The van der Waals surface area contributed by atoms with Crippen LogP contribution in [0.25, 0.3) is 0 Å². The zero-order valence-electron chi connectivity index (χ0n) is 15.7. The highest BCUT2D eigenvalue weighted by Gasteiger charge is 1.99. The minimum absolute atomic E-state index is 0. The number of aliphatic imine (C=N–C) groups is 1. The highest BCUT2D eigenvalue weighted by Crippen LogP contribution is 2.06. The van der Waals surface area contributed by atoms with Crippen LogP contribution < -0.4 is 10.6 Å². The minimum atomic E-state index is 0. The lowest BCUT2D eigenvalue weighted by molar-refractivity contribution is 0.592. The molecule has 1 rings (SSSR count). The van der Waals surface area contributed by atoms with Crippen LogP contribution in [0.3, 0.4) is 0 Å². The van der Waals surface area contributed by atoms with Crippen molar-refractivity contribution in [2.24, 2.45) is 12.0 Å². The van der Waals surface area contributed by atoms with Gasteiger partial charge in [-0.15, -0.1) is 24.0 Å². The summed E-state index contributed by atoms with van der Waals surface area (Å²) in [6.45, 7) is 7.06. The standard InChI is InChI=1S/C18H35N5.HI/c1-4-6-7-8-9-10-11-13-20-18(19-5-2)21-14-12-17-15-22-23(3)16-17;/h15-16H,4-14H2,1-3H3,(H2,19,20,21);1H. The van der Waals surface area contributed by atoms with Gasteiger partial charge in [0, 0.05) is 32.9 Å². The van der Waals surface area contributed by atoms with Crippen LogP contribution >= 0.6 is 24.0 Å². The van der Waals surface area contributed by atoms with Crippen LogP contribution in [0.15, 0.2) is 17.4 Å². The first-order chi connectivity index (χ1) is 11.3. The summed E-state index contributed by atoms with van der Waals surface area (Å²) in [5, 5.41) is 10.9. The number of nitrogens with one attached hydrogen (secondary N) is 2. The van der Waals surface area contributed by atoms with Crippen LogP contribution in [0.1, 0.15) is 64.4 Å². The molecule has 1 aromatic rings. The molecule has 0 aromatic carbocycles. The van der Waals surface area contributed by atoms with Gasteiger partial charge in [-0.25, -0.2) is 0 Å². The third-order valence-electron chi connectivity index (χ3n) is 3.84. The Kier molecular flexibility index (Phi) is 15.2. The zero-order chi connectivity index (χ0) is 16.8. The van der Waals surface area contributed by atoms with Gasteiger partial charge in [0.25, 0.3) is 0 Å². The Balaban J connectivity index is 0.00000529. The van der Waals surface area contributed by atoms with Gasteiger partial charge in [-0.3, -0.25) is 9.67 Å². The Labute approximate surface area is 165 Å². The van der Waals surface area contributed by atoms with Gasteiger partial charge < -0.3 is 10.6 Å². The van der Waals surface area contributed by atoms with Crippen LogP contribution in [0.2, 0.25) is 0 Å². The van der Waals surface area contributed by atoms with Crippen LogP contribution in [0.5, 0.6) is 0 Å². The average Bonchev–Trinajstić information content (AvgIpc) is 2.95. The molecule has 0 aliphatic heterocycles. The normalized spacial score (nSPS) is 11.2. The van der Waals surface area contributed by atoms with Crippen LogP contribution in [0, 0.1) is 0 Å². The van der Waals surface area contributed by atoms with E-state index in [0.29, 0.717) is 0 Å². The molecule has 0 spiro atoms. The van der Waals surface area contributed by atoms with Crippen molar-refractivity contribution in [2.45, 2.75) is 65.2 Å². The molecule has 0 radical (unpaired) electrons. The van der Waals surface area contributed by atoms with Gasteiger partial charge in [-0.1, -0.05) is 45.4 Å². The highest BCUT2D eigenvalue weighted by molar-refractivity contribution is 14.0. The Morgan fingerprint density at radius 2 is 1.79 bits per heavy atom. The fourth-order valence-electron chi connectivity index (χ4n) is 2.53. The monoisotopic (exact) mass is 449 g/mol. The summed E-state index contributed by atoms with van der Waals surface area (Å²) >= 11 is 0. The van der Waals surface area contributed by atoms with Crippen molar-refractivity contribution in [3.63, 3.8) is 0 Å². The van der Waals surface area contributed by atoms with Gasteiger partial charge in [0.05, 0.1) is 6.20 Å². The summed E-state index contributed by atoms with van der Waals surface area (Å²) in [5.74, 6) is 0.933. The molecule has 0 saturated heterocycles. The molecule has 140 valence electrons. The number of hydrogen-bond donors (Lipinski definition) is 2. The van der Waals surface area contributed by atoms with E-state index in [0.717, 1.165) is 32.0 Å². The average molecular weight is 449 g/mol. The second-order valence-electron chi connectivity index (χ2n) is 6.08. The van der Waals surface area contributed by atoms with Gasteiger partial charge in [0.2, 0.25) is 0 Å². The molecule has 24 heavy (non-hydrogen) atoms. The van der Waals surface area contributed by atoms with E-state index in [9.17, 15) is 0 Å². The molecule has 2 N–H and O–H groups in total.